The van der Waals surface area contributed by atoms with Crippen LogP contribution >= 0.6 is 0 Å². The fourth-order valence-corrected chi connectivity index (χ4v) is 0.945. The van der Waals surface area contributed by atoms with Crippen molar-refractivity contribution in [3.05, 3.63) is 29.6 Å². The smallest absolute Gasteiger partial charge is 0.150 e. The Kier molecular flexibility index (Phi) is 3.12. The maximum atomic E-state index is 10.4. The standard InChI is InChI=1S/C9H9N3O/c10-3-1-8(11)9-5-7(6-13)2-4-12-9/h2,4-6,8H,1,11H2/t8-/m0/s1. The Bertz CT molecular complexity index is 343. The monoisotopic (exact) mass is 175 g/mol. The Morgan fingerprint density at radius 3 is 3.15 bits per heavy atom. The molecule has 1 atom stereocenters. The summed E-state index contributed by atoms with van der Waals surface area (Å²) in [6.45, 7) is 0. The Labute approximate surface area is 76.0 Å². The van der Waals surface area contributed by atoms with Crippen LogP contribution in [0.2, 0.25) is 0 Å². The number of nitriles is 1. The van der Waals surface area contributed by atoms with E-state index in [1.807, 2.05) is 6.07 Å². The van der Waals surface area contributed by atoms with Crippen LogP contribution in [0, 0.1) is 11.3 Å². The second-order valence-electron chi connectivity index (χ2n) is 2.60. The lowest BCUT2D eigenvalue weighted by Crippen LogP contribution is -2.11. The van der Waals surface area contributed by atoms with Crippen molar-refractivity contribution < 1.29 is 4.79 Å². The molecule has 0 aliphatic rings. The molecule has 0 saturated heterocycles. The van der Waals surface area contributed by atoms with E-state index in [-0.39, 0.29) is 6.42 Å². The predicted molar refractivity (Wildman–Crippen MR) is 46.8 cm³/mol. The molecule has 2 N–H and O–H groups in total. The number of nitrogens with zero attached hydrogens (tertiary/aromatic N) is 2. The molecule has 1 aromatic heterocycles. The topological polar surface area (TPSA) is 79.8 Å². The molecule has 66 valence electrons. The third-order valence-corrected chi connectivity index (χ3v) is 1.63. The minimum absolute atomic E-state index is 0.204. The summed E-state index contributed by atoms with van der Waals surface area (Å²) in [7, 11) is 0. The summed E-state index contributed by atoms with van der Waals surface area (Å²) in [6.07, 6.45) is 2.44. The van der Waals surface area contributed by atoms with E-state index in [2.05, 4.69) is 4.98 Å². The second kappa shape index (κ2) is 4.33. The molecule has 0 unspecified atom stereocenters. The summed E-state index contributed by atoms with van der Waals surface area (Å²) in [5, 5.41) is 8.40. The van der Waals surface area contributed by atoms with Crippen molar-refractivity contribution in [3.63, 3.8) is 0 Å². The van der Waals surface area contributed by atoms with E-state index in [4.69, 9.17) is 11.0 Å². The summed E-state index contributed by atoms with van der Waals surface area (Å²) < 4.78 is 0. The van der Waals surface area contributed by atoms with Gasteiger partial charge in [0.2, 0.25) is 0 Å². The minimum Gasteiger partial charge on any atom is -0.322 e. The van der Waals surface area contributed by atoms with Crippen LogP contribution < -0.4 is 5.73 Å². The van der Waals surface area contributed by atoms with Gasteiger partial charge in [-0.15, -0.1) is 0 Å². The number of hydrogen-bond acceptors (Lipinski definition) is 4. The number of nitrogens with two attached hydrogens (primary N) is 1. The van der Waals surface area contributed by atoms with Gasteiger partial charge in [0.25, 0.3) is 0 Å². The molecule has 4 heteroatoms. The quantitative estimate of drug-likeness (QED) is 0.689. The molecule has 0 radical (unpaired) electrons. The van der Waals surface area contributed by atoms with Gasteiger partial charge in [0.15, 0.2) is 0 Å². The number of carbonyl (C=O) groups excluding carboxylic acids is 1. The van der Waals surface area contributed by atoms with Crippen molar-refractivity contribution in [2.45, 2.75) is 12.5 Å². The molecule has 0 aliphatic heterocycles. The highest BCUT2D eigenvalue weighted by Gasteiger charge is 2.06. The fraction of sp³-hybridized carbons (Fsp3) is 0.222. The minimum atomic E-state index is -0.412. The van der Waals surface area contributed by atoms with Gasteiger partial charge in [0, 0.05) is 11.8 Å². The Morgan fingerprint density at radius 1 is 1.77 bits per heavy atom. The normalized spacial score (nSPS) is 11.7. The maximum absolute atomic E-state index is 10.4. The van der Waals surface area contributed by atoms with E-state index in [1.165, 1.54) is 6.20 Å². The van der Waals surface area contributed by atoms with Crippen molar-refractivity contribution >= 4 is 6.29 Å². The van der Waals surface area contributed by atoms with E-state index >= 15 is 0 Å². The summed E-state index contributed by atoms with van der Waals surface area (Å²) in [5.74, 6) is 0. The molecule has 0 amide bonds. The van der Waals surface area contributed by atoms with Crippen molar-refractivity contribution in [1.82, 2.24) is 4.98 Å². The zero-order valence-electron chi connectivity index (χ0n) is 6.97. The van der Waals surface area contributed by atoms with Gasteiger partial charge in [-0.1, -0.05) is 0 Å². The van der Waals surface area contributed by atoms with E-state index in [9.17, 15) is 4.79 Å². The first-order valence-corrected chi connectivity index (χ1v) is 3.81. The van der Waals surface area contributed by atoms with Gasteiger partial charge >= 0.3 is 0 Å². The van der Waals surface area contributed by atoms with Crippen molar-refractivity contribution in [1.29, 1.82) is 5.26 Å². The average Bonchev–Trinajstić information content (AvgIpc) is 2.18. The molecule has 0 aliphatic carbocycles. The van der Waals surface area contributed by atoms with Gasteiger partial charge in [-0.05, 0) is 12.1 Å². The first kappa shape index (κ1) is 9.36. The van der Waals surface area contributed by atoms with Gasteiger partial charge in [-0.25, -0.2) is 0 Å². The van der Waals surface area contributed by atoms with Crippen molar-refractivity contribution in [2.75, 3.05) is 0 Å². The molecule has 1 heterocycles. The Morgan fingerprint density at radius 2 is 2.54 bits per heavy atom. The maximum Gasteiger partial charge on any atom is 0.150 e. The van der Waals surface area contributed by atoms with Crippen LogP contribution in [0.15, 0.2) is 18.3 Å². The van der Waals surface area contributed by atoms with Crippen LogP contribution in [0.3, 0.4) is 0 Å². The lowest BCUT2D eigenvalue weighted by atomic mass is 10.1. The third kappa shape index (κ3) is 2.36. The van der Waals surface area contributed by atoms with Gasteiger partial charge < -0.3 is 5.73 Å². The SMILES string of the molecule is N#CC[C@H](N)c1cc(C=O)ccn1. The van der Waals surface area contributed by atoms with E-state index < -0.39 is 6.04 Å². The summed E-state index contributed by atoms with van der Waals surface area (Å²) in [5.41, 5.74) is 6.73. The lowest BCUT2D eigenvalue weighted by Gasteiger charge is -2.05. The van der Waals surface area contributed by atoms with E-state index in [0.717, 1.165) is 6.29 Å². The second-order valence-corrected chi connectivity index (χ2v) is 2.60. The molecule has 4 nitrogen and oxygen atoms in total. The fourth-order valence-electron chi connectivity index (χ4n) is 0.945. The van der Waals surface area contributed by atoms with Gasteiger partial charge in [0.1, 0.15) is 6.29 Å². The zero-order chi connectivity index (χ0) is 9.68. The number of hydrogen-bond donors (Lipinski definition) is 1. The summed E-state index contributed by atoms with van der Waals surface area (Å²) >= 11 is 0. The van der Waals surface area contributed by atoms with Crippen LogP contribution in [0.1, 0.15) is 28.5 Å². The molecule has 1 rings (SSSR count). The number of carbonyl (C=O) groups is 1. The third-order valence-electron chi connectivity index (χ3n) is 1.63. The molecular formula is C9H9N3O. The highest BCUT2D eigenvalue weighted by Crippen LogP contribution is 2.10. The summed E-state index contributed by atoms with van der Waals surface area (Å²) in [6, 6.07) is 4.72. The van der Waals surface area contributed by atoms with Gasteiger partial charge in [-0.2, -0.15) is 5.26 Å². The number of aldehydes is 1. The van der Waals surface area contributed by atoms with Crippen LogP contribution in [-0.4, -0.2) is 11.3 Å². The molecule has 0 fully saturated rings. The highest BCUT2D eigenvalue weighted by molar-refractivity contribution is 5.74. The lowest BCUT2D eigenvalue weighted by molar-refractivity contribution is 0.112. The van der Waals surface area contributed by atoms with Crippen LogP contribution in [0.25, 0.3) is 0 Å². The van der Waals surface area contributed by atoms with Gasteiger partial charge in [-0.3, -0.25) is 9.78 Å². The van der Waals surface area contributed by atoms with Crippen LogP contribution in [-0.2, 0) is 0 Å². The molecular weight excluding hydrogens is 166 g/mol. The number of rotatable bonds is 3. The van der Waals surface area contributed by atoms with Crippen molar-refractivity contribution in [2.24, 2.45) is 5.73 Å². The summed E-state index contributed by atoms with van der Waals surface area (Å²) in [4.78, 5) is 14.4. The largest absolute Gasteiger partial charge is 0.322 e. The Hall–Kier alpha value is -1.73. The molecule has 0 aromatic carbocycles. The molecule has 1 aromatic rings. The first-order valence-electron chi connectivity index (χ1n) is 3.81. The number of pyridine rings is 1. The highest BCUT2D eigenvalue weighted by atomic mass is 16.1. The number of aromatic nitrogens is 1. The first-order chi connectivity index (χ1) is 6.27. The van der Waals surface area contributed by atoms with Crippen LogP contribution in [0.4, 0.5) is 0 Å². The van der Waals surface area contributed by atoms with Gasteiger partial charge in [0.05, 0.1) is 24.2 Å². The van der Waals surface area contributed by atoms with E-state index in [1.54, 1.807) is 12.1 Å². The predicted octanol–water partition coefficient (Wildman–Crippen LogP) is 0.808. The van der Waals surface area contributed by atoms with Crippen LogP contribution in [0.5, 0.6) is 0 Å². The van der Waals surface area contributed by atoms with Crippen molar-refractivity contribution in [3.8, 4) is 6.07 Å². The Balaban J connectivity index is 2.89. The van der Waals surface area contributed by atoms with E-state index in [0.29, 0.717) is 11.3 Å². The molecule has 0 spiro atoms. The molecule has 13 heavy (non-hydrogen) atoms. The molecule has 0 bridgehead atoms. The molecule has 0 saturated carbocycles. The average molecular weight is 175 g/mol. The zero-order valence-corrected chi connectivity index (χ0v) is 6.97.